The van der Waals surface area contributed by atoms with Gasteiger partial charge in [-0.15, -0.1) is 0 Å². The molecule has 334 valence electrons. The van der Waals surface area contributed by atoms with Gasteiger partial charge in [0.25, 0.3) is 0 Å². The summed E-state index contributed by atoms with van der Waals surface area (Å²) < 4.78 is 4.80. The van der Waals surface area contributed by atoms with E-state index in [-0.39, 0.29) is 0 Å². The fourth-order valence-corrected chi connectivity index (χ4v) is 10.4. The summed E-state index contributed by atoms with van der Waals surface area (Å²) in [4.78, 5) is 10.4. The van der Waals surface area contributed by atoms with Crippen LogP contribution in [0.2, 0.25) is 0 Å². The number of hydrogen-bond acceptors (Lipinski definition) is 4. The number of nitrogens with zero attached hydrogens (tertiary/aromatic N) is 6. The molecule has 10 aromatic carbocycles. The van der Waals surface area contributed by atoms with Crippen molar-refractivity contribution in [3.63, 3.8) is 0 Å². The molecule has 3 heterocycles. The number of hydrogen-bond donors (Lipinski definition) is 0. The average Bonchev–Trinajstić information content (AvgIpc) is 3.97. The van der Waals surface area contributed by atoms with E-state index in [1.807, 2.05) is 72.8 Å². The van der Waals surface area contributed by atoms with Crippen molar-refractivity contribution in [2.75, 3.05) is 0 Å². The molecule has 13 aromatic rings. The van der Waals surface area contributed by atoms with Gasteiger partial charge in [0.05, 0.1) is 68.1 Å². The van der Waals surface area contributed by atoms with Gasteiger partial charge < -0.3 is 9.13 Å². The monoisotopic (exact) mass is 916 g/mol. The average molecular weight is 917 g/mol. The first-order chi connectivity index (χ1) is 35.6. The molecule has 0 saturated heterocycles. The van der Waals surface area contributed by atoms with Crippen LogP contribution in [0.15, 0.2) is 243 Å². The van der Waals surface area contributed by atoms with Gasteiger partial charge in [-0.25, -0.2) is 9.97 Å². The summed E-state index contributed by atoms with van der Waals surface area (Å²) >= 11 is 0. The van der Waals surface area contributed by atoms with Crippen LogP contribution < -0.4 is 0 Å². The van der Waals surface area contributed by atoms with E-state index < -0.39 is 0 Å². The quantitative estimate of drug-likeness (QED) is 0.152. The van der Waals surface area contributed by atoms with Gasteiger partial charge in [-0.1, -0.05) is 164 Å². The molecule has 13 rings (SSSR count). The van der Waals surface area contributed by atoms with Crippen LogP contribution in [0.5, 0.6) is 0 Å². The Labute approximate surface area is 415 Å². The molecule has 0 atom stereocenters. The molecule has 0 aliphatic heterocycles. The maximum absolute atomic E-state index is 9.81. The zero-order valence-electron chi connectivity index (χ0n) is 38.8. The number of para-hydroxylation sites is 3. The van der Waals surface area contributed by atoms with Crippen LogP contribution in [0, 0.1) is 22.7 Å². The number of aromatic nitrogens is 4. The predicted molar refractivity (Wildman–Crippen MR) is 293 cm³/mol. The number of benzene rings is 10. The van der Waals surface area contributed by atoms with Crippen molar-refractivity contribution in [3.05, 3.63) is 254 Å². The summed E-state index contributed by atoms with van der Waals surface area (Å²) in [5.41, 5.74) is 18.3. The number of nitriles is 2. The minimum absolute atomic E-state index is 0.625. The van der Waals surface area contributed by atoms with Crippen molar-refractivity contribution >= 4 is 43.6 Å². The molecule has 0 spiro atoms. The van der Waals surface area contributed by atoms with Gasteiger partial charge in [-0.05, 0) is 101 Å². The third kappa shape index (κ3) is 7.19. The maximum atomic E-state index is 9.81. The van der Waals surface area contributed by atoms with Gasteiger partial charge in [-0.3, -0.25) is 0 Å². The molecule has 0 amide bonds. The third-order valence-corrected chi connectivity index (χ3v) is 13.8. The Hall–Kier alpha value is -10.1. The van der Waals surface area contributed by atoms with E-state index >= 15 is 0 Å². The second kappa shape index (κ2) is 17.4. The first-order valence-corrected chi connectivity index (χ1v) is 23.9. The Balaban J connectivity index is 1.08. The largest absolute Gasteiger partial charge is 0.309 e. The van der Waals surface area contributed by atoms with E-state index in [1.165, 1.54) is 0 Å². The Bertz CT molecular complexity index is 4300. The van der Waals surface area contributed by atoms with Crippen LogP contribution in [0.4, 0.5) is 0 Å². The van der Waals surface area contributed by atoms with Crippen molar-refractivity contribution in [2.24, 2.45) is 0 Å². The van der Waals surface area contributed by atoms with E-state index in [0.29, 0.717) is 17.0 Å². The predicted octanol–water partition coefficient (Wildman–Crippen LogP) is 16.4. The normalized spacial score (nSPS) is 11.3. The summed E-state index contributed by atoms with van der Waals surface area (Å²) in [5.74, 6) is 0.653. The summed E-state index contributed by atoms with van der Waals surface area (Å²) in [5, 5.41) is 24.0. The van der Waals surface area contributed by atoms with Gasteiger partial charge in [0.2, 0.25) is 0 Å². The summed E-state index contributed by atoms with van der Waals surface area (Å²) in [7, 11) is 0. The standard InChI is InChI=1S/C66H40N6/c67-41-43-15-13-21-47(35-43)49-30-33-63-56(37-49)53-24-8-11-27-61(53)71(63)60-26-10-7-23-52(60)55-32-29-51(59-40-58(45-17-3-1-4-18-45)69-66(70-59)46-19-5-2-6-20-46)39-65(55)72-62-28-12-9-25-54(62)57-38-50(31-34-64(57)72)48-22-14-16-44(36-48)42-68/h1-40H. The molecule has 6 nitrogen and oxygen atoms in total. The van der Waals surface area contributed by atoms with E-state index in [2.05, 4.69) is 191 Å². The SMILES string of the molecule is N#Cc1cccc(-c2ccc3c(c2)c2ccccc2n3-c2ccccc2-c2ccc(-c3cc(-c4ccccc4)nc(-c4ccccc4)n3)cc2-n2c3ccccc3c3cc(-c4cccc(C#N)c4)ccc32)c1. The molecule has 0 unspecified atom stereocenters. The molecule has 72 heavy (non-hydrogen) atoms. The van der Waals surface area contributed by atoms with E-state index in [1.54, 1.807) is 0 Å². The van der Waals surface area contributed by atoms with Gasteiger partial charge in [0.15, 0.2) is 5.82 Å². The third-order valence-electron chi connectivity index (χ3n) is 13.8. The lowest BCUT2D eigenvalue weighted by molar-refractivity contribution is 1.15. The smallest absolute Gasteiger partial charge is 0.160 e. The minimum Gasteiger partial charge on any atom is -0.309 e. The lowest BCUT2D eigenvalue weighted by Crippen LogP contribution is -2.02. The van der Waals surface area contributed by atoms with Crippen LogP contribution in [0.25, 0.3) is 122 Å². The summed E-state index contributed by atoms with van der Waals surface area (Å²) in [6, 6.07) is 88.8. The molecular weight excluding hydrogens is 877 g/mol. The molecular formula is C66H40N6. The summed E-state index contributed by atoms with van der Waals surface area (Å²) in [6.45, 7) is 0. The fourth-order valence-electron chi connectivity index (χ4n) is 10.4. The molecule has 0 radical (unpaired) electrons. The Morgan fingerprint density at radius 1 is 0.292 bits per heavy atom. The molecule has 0 aliphatic rings. The molecule has 0 aliphatic carbocycles. The zero-order chi connectivity index (χ0) is 48.1. The Morgan fingerprint density at radius 2 is 0.736 bits per heavy atom. The van der Waals surface area contributed by atoms with Crippen LogP contribution in [-0.4, -0.2) is 19.1 Å². The van der Waals surface area contributed by atoms with E-state index in [4.69, 9.17) is 9.97 Å². The molecule has 0 N–H and O–H groups in total. The lowest BCUT2D eigenvalue weighted by atomic mass is 9.97. The van der Waals surface area contributed by atoms with Gasteiger partial charge in [0.1, 0.15) is 0 Å². The van der Waals surface area contributed by atoms with Gasteiger partial charge in [0, 0.05) is 49.4 Å². The van der Waals surface area contributed by atoms with Crippen molar-refractivity contribution < 1.29 is 0 Å². The second-order valence-electron chi connectivity index (χ2n) is 18.0. The lowest BCUT2D eigenvalue weighted by Gasteiger charge is -2.20. The Morgan fingerprint density at radius 3 is 1.33 bits per heavy atom. The van der Waals surface area contributed by atoms with Crippen LogP contribution in [0.1, 0.15) is 11.1 Å². The van der Waals surface area contributed by atoms with Crippen LogP contribution >= 0.6 is 0 Å². The van der Waals surface area contributed by atoms with Crippen molar-refractivity contribution in [2.45, 2.75) is 0 Å². The van der Waals surface area contributed by atoms with Crippen LogP contribution in [-0.2, 0) is 0 Å². The fraction of sp³-hybridized carbons (Fsp3) is 0. The highest BCUT2D eigenvalue weighted by molar-refractivity contribution is 6.13. The first kappa shape index (κ1) is 42.0. The van der Waals surface area contributed by atoms with Gasteiger partial charge in [-0.2, -0.15) is 10.5 Å². The topological polar surface area (TPSA) is 83.2 Å². The van der Waals surface area contributed by atoms with E-state index in [0.717, 1.165) is 116 Å². The first-order valence-electron chi connectivity index (χ1n) is 23.9. The van der Waals surface area contributed by atoms with Crippen LogP contribution in [0.3, 0.4) is 0 Å². The highest BCUT2D eigenvalue weighted by atomic mass is 15.0. The molecule has 0 fully saturated rings. The van der Waals surface area contributed by atoms with Crippen molar-refractivity contribution in [3.8, 4) is 90.8 Å². The summed E-state index contributed by atoms with van der Waals surface area (Å²) in [6.07, 6.45) is 0. The highest BCUT2D eigenvalue weighted by Crippen LogP contribution is 2.44. The number of rotatable bonds is 8. The number of fused-ring (bicyclic) bond motifs is 6. The highest BCUT2D eigenvalue weighted by Gasteiger charge is 2.22. The van der Waals surface area contributed by atoms with Crippen molar-refractivity contribution in [1.82, 2.24) is 19.1 Å². The second-order valence-corrected chi connectivity index (χ2v) is 18.0. The Kier molecular flexibility index (Phi) is 10.2. The molecule has 3 aromatic heterocycles. The molecule has 0 bridgehead atoms. The molecule has 6 heteroatoms. The van der Waals surface area contributed by atoms with Gasteiger partial charge >= 0.3 is 0 Å². The van der Waals surface area contributed by atoms with E-state index in [9.17, 15) is 10.5 Å². The van der Waals surface area contributed by atoms with Crippen molar-refractivity contribution in [1.29, 1.82) is 10.5 Å². The molecule has 0 saturated carbocycles. The maximum Gasteiger partial charge on any atom is 0.160 e. The minimum atomic E-state index is 0.625. The zero-order valence-corrected chi connectivity index (χ0v) is 38.8.